The number of amides is 1. The molecular formula is C20H24N2O3. The molecule has 132 valence electrons. The number of carbonyl (C=O) groups is 1. The molecule has 1 saturated heterocycles. The van der Waals surface area contributed by atoms with Gasteiger partial charge in [-0.15, -0.1) is 0 Å². The minimum atomic E-state index is -0.274. The Morgan fingerprint density at radius 3 is 2.16 bits per heavy atom. The molecule has 3 rings (SSSR count). The van der Waals surface area contributed by atoms with Crippen LogP contribution in [0.3, 0.4) is 0 Å². The van der Waals surface area contributed by atoms with Crippen molar-refractivity contribution in [2.45, 2.75) is 12.6 Å². The topological polar surface area (TPSA) is 53.0 Å². The number of aliphatic hydroxyl groups is 1. The molecule has 1 amide bonds. The van der Waals surface area contributed by atoms with E-state index < -0.39 is 0 Å². The molecule has 1 atom stereocenters. The van der Waals surface area contributed by atoms with Crippen LogP contribution in [0.4, 0.5) is 4.79 Å². The molecule has 1 aliphatic heterocycles. The van der Waals surface area contributed by atoms with E-state index in [1.807, 2.05) is 60.7 Å². The molecule has 1 unspecified atom stereocenters. The molecule has 1 fully saturated rings. The predicted octanol–water partition coefficient (Wildman–Crippen LogP) is 2.67. The number of hydrogen-bond acceptors (Lipinski definition) is 4. The molecule has 0 aromatic heterocycles. The van der Waals surface area contributed by atoms with Crippen LogP contribution in [-0.4, -0.2) is 53.8 Å². The quantitative estimate of drug-likeness (QED) is 0.909. The van der Waals surface area contributed by atoms with Crippen LogP contribution >= 0.6 is 0 Å². The SMILES string of the molecule is O=C(OCc1ccccc1)N1CCN(C(CO)c2ccccc2)CC1. The summed E-state index contributed by atoms with van der Waals surface area (Å²) in [6.07, 6.45) is -0.274. The monoisotopic (exact) mass is 340 g/mol. The summed E-state index contributed by atoms with van der Waals surface area (Å²) in [5.74, 6) is 0. The Hall–Kier alpha value is -2.37. The van der Waals surface area contributed by atoms with E-state index in [4.69, 9.17) is 4.74 Å². The number of benzene rings is 2. The molecule has 1 heterocycles. The lowest BCUT2D eigenvalue weighted by Crippen LogP contribution is -2.50. The van der Waals surface area contributed by atoms with Crippen LogP contribution in [-0.2, 0) is 11.3 Å². The van der Waals surface area contributed by atoms with Gasteiger partial charge in [0.05, 0.1) is 12.6 Å². The minimum absolute atomic E-state index is 0.0244. The highest BCUT2D eigenvalue weighted by Crippen LogP contribution is 2.21. The number of carbonyl (C=O) groups excluding carboxylic acids is 1. The minimum Gasteiger partial charge on any atom is -0.445 e. The van der Waals surface area contributed by atoms with Crippen LogP contribution in [0.25, 0.3) is 0 Å². The van der Waals surface area contributed by atoms with Crippen molar-refractivity contribution < 1.29 is 14.6 Å². The first-order chi connectivity index (χ1) is 12.3. The molecule has 2 aromatic rings. The summed E-state index contributed by atoms with van der Waals surface area (Å²) >= 11 is 0. The molecule has 25 heavy (non-hydrogen) atoms. The van der Waals surface area contributed by atoms with Gasteiger partial charge in [0.25, 0.3) is 0 Å². The van der Waals surface area contributed by atoms with Gasteiger partial charge in [-0.05, 0) is 11.1 Å². The fraction of sp³-hybridized carbons (Fsp3) is 0.350. The lowest BCUT2D eigenvalue weighted by Gasteiger charge is -2.38. The molecular weight excluding hydrogens is 316 g/mol. The summed E-state index contributed by atoms with van der Waals surface area (Å²) in [7, 11) is 0. The number of ether oxygens (including phenoxy) is 1. The van der Waals surface area contributed by atoms with Crippen LogP contribution < -0.4 is 0 Å². The Morgan fingerprint density at radius 2 is 1.56 bits per heavy atom. The van der Waals surface area contributed by atoms with Gasteiger partial charge >= 0.3 is 6.09 Å². The van der Waals surface area contributed by atoms with Crippen molar-refractivity contribution in [1.29, 1.82) is 0 Å². The van der Waals surface area contributed by atoms with Crippen molar-refractivity contribution in [2.24, 2.45) is 0 Å². The number of piperazine rings is 1. The average Bonchev–Trinajstić information content (AvgIpc) is 2.69. The van der Waals surface area contributed by atoms with Gasteiger partial charge in [0.15, 0.2) is 0 Å². The normalized spacial score (nSPS) is 16.4. The van der Waals surface area contributed by atoms with Crippen molar-refractivity contribution in [3.8, 4) is 0 Å². The molecule has 5 nitrogen and oxygen atoms in total. The maximum Gasteiger partial charge on any atom is 0.410 e. The maximum absolute atomic E-state index is 12.2. The third-order valence-electron chi connectivity index (χ3n) is 4.58. The van der Waals surface area contributed by atoms with Gasteiger partial charge in [0, 0.05) is 26.2 Å². The van der Waals surface area contributed by atoms with E-state index >= 15 is 0 Å². The Balaban J connectivity index is 1.50. The molecule has 1 N–H and O–H groups in total. The van der Waals surface area contributed by atoms with Crippen molar-refractivity contribution >= 4 is 6.09 Å². The first-order valence-corrected chi connectivity index (χ1v) is 8.63. The molecule has 0 bridgehead atoms. The number of hydrogen-bond donors (Lipinski definition) is 1. The van der Waals surface area contributed by atoms with Crippen molar-refractivity contribution in [2.75, 3.05) is 32.8 Å². The molecule has 0 saturated carbocycles. The summed E-state index contributed by atoms with van der Waals surface area (Å²) < 4.78 is 5.39. The van der Waals surface area contributed by atoms with Gasteiger partial charge in [0.2, 0.25) is 0 Å². The standard InChI is InChI=1S/C20H24N2O3/c23-15-19(18-9-5-2-6-10-18)21-11-13-22(14-12-21)20(24)25-16-17-7-3-1-4-8-17/h1-10,19,23H,11-16H2. The van der Waals surface area contributed by atoms with Crippen LogP contribution in [0.5, 0.6) is 0 Å². The molecule has 2 aromatic carbocycles. The average molecular weight is 340 g/mol. The van der Waals surface area contributed by atoms with Crippen LogP contribution in [0.15, 0.2) is 60.7 Å². The zero-order chi connectivity index (χ0) is 17.5. The Labute approximate surface area is 148 Å². The molecule has 1 aliphatic rings. The highest BCUT2D eigenvalue weighted by atomic mass is 16.6. The van der Waals surface area contributed by atoms with Crippen LogP contribution in [0, 0.1) is 0 Å². The second-order valence-electron chi connectivity index (χ2n) is 6.17. The number of nitrogens with zero attached hydrogens (tertiary/aromatic N) is 2. The van der Waals surface area contributed by atoms with E-state index in [1.165, 1.54) is 0 Å². The lowest BCUT2D eigenvalue weighted by atomic mass is 10.1. The van der Waals surface area contributed by atoms with Gasteiger partial charge in [-0.25, -0.2) is 4.79 Å². The number of aliphatic hydroxyl groups excluding tert-OH is 1. The second kappa shape index (κ2) is 8.65. The zero-order valence-corrected chi connectivity index (χ0v) is 14.3. The summed E-state index contributed by atoms with van der Waals surface area (Å²) in [5, 5.41) is 9.77. The fourth-order valence-electron chi connectivity index (χ4n) is 3.13. The lowest BCUT2D eigenvalue weighted by molar-refractivity contribution is 0.0465. The van der Waals surface area contributed by atoms with E-state index in [9.17, 15) is 9.90 Å². The Morgan fingerprint density at radius 1 is 0.960 bits per heavy atom. The summed E-state index contributed by atoms with van der Waals surface area (Å²) in [4.78, 5) is 16.2. The van der Waals surface area contributed by atoms with E-state index in [0.29, 0.717) is 19.7 Å². The van der Waals surface area contributed by atoms with E-state index in [-0.39, 0.29) is 18.7 Å². The summed E-state index contributed by atoms with van der Waals surface area (Å²) in [6, 6.07) is 19.7. The summed E-state index contributed by atoms with van der Waals surface area (Å²) in [5.41, 5.74) is 2.09. The van der Waals surface area contributed by atoms with Crippen molar-refractivity contribution in [3.05, 3.63) is 71.8 Å². The number of rotatable bonds is 5. The third-order valence-corrected chi connectivity index (χ3v) is 4.58. The van der Waals surface area contributed by atoms with Crippen molar-refractivity contribution in [3.63, 3.8) is 0 Å². The third kappa shape index (κ3) is 4.59. The van der Waals surface area contributed by atoms with Gasteiger partial charge in [-0.3, -0.25) is 4.90 Å². The van der Waals surface area contributed by atoms with Gasteiger partial charge in [0.1, 0.15) is 6.61 Å². The highest BCUT2D eigenvalue weighted by molar-refractivity contribution is 5.67. The van der Waals surface area contributed by atoms with Gasteiger partial charge in [-0.1, -0.05) is 60.7 Å². The molecule has 0 aliphatic carbocycles. The zero-order valence-electron chi connectivity index (χ0n) is 14.3. The van der Waals surface area contributed by atoms with Gasteiger partial charge < -0.3 is 14.7 Å². The van der Waals surface area contributed by atoms with E-state index in [0.717, 1.165) is 24.2 Å². The second-order valence-corrected chi connectivity index (χ2v) is 6.17. The highest BCUT2D eigenvalue weighted by Gasteiger charge is 2.27. The van der Waals surface area contributed by atoms with Crippen LogP contribution in [0.1, 0.15) is 17.2 Å². The largest absolute Gasteiger partial charge is 0.445 e. The predicted molar refractivity (Wildman–Crippen MR) is 96.0 cm³/mol. The van der Waals surface area contributed by atoms with Gasteiger partial charge in [-0.2, -0.15) is 0 Å². The van der Waals surface area contributed by atoms with E-state index in [2.05, 4.69) is 4.90 Å². The Kier molecular flexibility index (Phi) is 6.04. The van der Waals surface area contributed by atoms with E-state index in [1.54, 1.807) is 4.90 Å². The smallest absolute Gasteiger partial charge is 0.410 e. The molecule has 5 heteroatoms. The first kappa shape index (κ1) is 17.5. The van der Waals surface area contributed by atoms with Crippen molar-refractivity contribution in [1.82, 2.24) is 9.80 Å². The summed E-state index contributed by atoms with van der Waals surface area (Å²) in [6.45, 7) is 3.03. The maximum atomic E-state index is 12.2. The fourth-order valence-corrected chi connectivity index (χ4v) is 3.13. The molecule has 0 radical (unpaired) electrons. The molecule has 0 spiro atoms. The Bertz CT molecular complexity index is 655. The van der Waals surface area contributed by atoms with Crippen LogP contribution in [0.2, 0.25) is 0 Å². The first-order valence-electron chi connectivity index (χ1n) is 8.63.